The molecule has 2 aromatic carbocycles. The summed E-state index contributed by atoms with van der Waals surface area (Å²) in [5.74, 6) is 0.0372. The monoisotopic (exact) mass is 423 g/mol. The lowest BCUT2D eigenvalue weighted by molar-refractivity contribution is 0.0948. The zero-order valence-electron chi connectivity index (χ0n) is 17.0. The summed E-state index contributed by atoms with van der Waals surface area (Å²) >= 11 is 1.44. The quantitative estimate of drug-likeness (QED) is 0.474. The Hall–Kier alpha value is -3.19. The largest absolute Gasteiger partial charge is 0.508 e. The minimum absolute atomic E-state index is 0.0495. The first-order chi connectivity index (χ1) is 14.4. The smallest absolute Gasteiger partial charge is 0.270 e. The van der Waals surface area contributed by atoms with Crippen LogP contribution >= 0.6 is 11.3 Å². The molecule has 0 aliphatic carbocycles. The molecule has 6 nitrogen and oxygen atoms in total. The molecule has 0 fully saturated rings. The van der Waals surface area contributed by atoms with E-state index in [1.54, 1.807) is 17.5 Å². The Labute approximate surface area is 180 Å². The van der Waals surface area contributed by atoms with E-state index in [2.05, 4.69) is 41.6 Å². The minimum Gasteiger partial charge on any atom is -0.508 e. The van der Waals surface area contributed by atoms with Gasteiger partial charge in [-0.1, -0.05) is 44.2 Å². The van der Waals surface area contributed by atoms with Crippen LogP contribution in [0.5, 0.6) is 5.75 Å². The normalized spacial score (nSPS) is 10.8. The molecule has 0 spiro atoms. The maximum absolute atomic E-state index is 12.3. The predicted octanol–water partition coefficient (Wildman–Crippen LogP) is 4.19. The van der Waals surface area contributed by atoms with Gasteiger partial charge in [0.15, 0.2) is 0 Å². The third-order valence-electron chi connectivity index (χ3n) is 4.59. The van der Waals surface area contributed by atoms with E-state index >= 15 is 0 Å². The fourth-order valence-corrected chi connectivity index (χ4v) is 3.66. The molecular weight excluding hydrogens is 398 g/mol. The molecule has 0 radical (unpaired) electrons. The van der Waals surface area contributed by atoms with Gasteiger partial charge in [0.2, 0.25) is 0 Å². The molecule has 3 aromatic rings. The fourth-order valence-electron chi connectivity index (χ4n) is 2.85. The van der Waals surface area contributed by atoms with E-state index in [9.17, 15) is 14.7 Å². The van der Waals surface area contributed by atoms with E-state index in [1.807, 2.05) is 12.1 Å². The number of carbonyl (C=O) groups is 2. The number of carbonyl (C=O) groups excluding carboxylic acids is 2. The van der Waals surface area contributed by atoms with Gasteiger partial charge in [0, 0.05) is 29.6 Å². The molecule has 0 aliphatic rings. The van der Waals surface area contributed by atoms with Crippen LogP contribution in [0.25, 0.3) is 10.6 Å². The topological polar surface area (TPSA) is 91.3 Å². The summed E-state index contributed by atoms with van der Waals surface area (Å²) in [6.07, 6.45) is 0.587. The van der Waals surface area contributed by atoms with E-state index in [1.165, 1.54) is 29.0 Å². The third kappa shape index (κ3) is 5.67. The summed E-state index contributed by atoms with van der Waals surface area (Å²) < 4.78 is 0. The van der Waals surface area contributed by atoms with E-state index in [0.29, 0.717) is 36.7 Å². The Morgan fingerprint density at radius 2 is 1.73 bits per heavy atom. The second-order valence-electron chi connectivity index (χ2n) is 7.23. The highest BCUT2D eigenvalue weighted by Crippen LogP contribution is 2.25. The number of nitrogens with one attached hydrogen (secondary N) is 2. The number of phenols is 1. The number of phenolic OH excluding ortho intramolecular Hbond substituents is 1. The summed E-state index contributed by atoms with van der Waals surface area (Å²) in [6.45, 7) is 5.14. The summed E-state index contributed by atoms with van der Waals surface area (Å²) in [5, 5.41) is 17.6. The van der Waals surface area contributed by atoms with Gasteiger partial charge in [0.05, 0.1) is 0 Å². The number of amides is 2. The number of aromatic hydroxyl groups is 1. The number of aromatic nitrogens is 1. The molecule has 3 rings (SSSR count). The first kappa shape index (κ1) is 21.5. The van der Waals surface area contributed by atoms with Crippen molar-refractivity contribution in [1.29, 1.82) is 0 Å². The van der Waals surface area contributed by atoms with Crippen LogP contribution in [-0.2, 0) is 0 Å². The van der Waals surface area contributed by atoms with Crippen LogP contribution in [0.3, 0.4) is 0 Å². The molecule has 0 bridgehead atoms. The molecule has 0 aliphatic heterocycles. The van der Waals surface area contributed by atoms with Crippen LogP contribution < -0.4 is 10.6 Å². The summed E-state index contributed by atoms with van der Waals surface area (Å²) in [5.41, 5.74) is 3.06. The lowest BCUT2D eigenvalue weighted by atomic mass is 10.0. The lowest BCUT2D eigenvalue weighted by Gasteiger charge is -2.06. The van der Waals surface area contributed by atoms with Gasteiger partial charge in [0.25, 0.3) is 11.8 Å². The second-order valence-corrected chi connectivity index (χ2v) is 8.09. The van der Waals surface area contributed by atoms with E-state index in [-0.39, 0.29) is 17.6 Å². The molecule has 0 saturated heterocycles. The van der Waals surface area contributed by atoms with Crippen molar-refractivity contribution >= 4 is 23.2 Å². The van der Waals surface area contributed by atoms with Crippen molar-refractivity contribution in [3.8, 4) is 16.3 Å². The first-order valence-electron chi connectivity index (χ1n) is 9.85. The number of hydrogen-bond acceptors (Lipinski definition) is 5. The second kappa shape index (κ2) is 10.0. The van der Waals surface area contributed by atoms with Crippen LogP contribution in [0, 0.1) is 0 Å². The fraction of sp³-hybridized carbons (Fsp3) is 0.261. The number of thiazole rings is 1. The summed E-state index contributed by atoms with van der Waals surface area (Å²) in [6, 6.07) is 14.4. The van der Waals surface area contributed by atoms with E-state index in [0.717, 1.165) is 10.6 Å². The molecule has 2 amide bonds. The molecule has 0 unspecified atom stereocenters. The van der Waals surface area contributed by atoms with Crippen molar-refractivity contribution in [1.82, 2.24) is 15.6 Å². The highest BCUT2D eigenvalue weighted by Gasteiger charge is 2.12. The van der Waals surface area contributed by atoms with Gasteiger partial charge in [-0.2, -0.15) is 0 Å². The van der Waals surface area contributed by atoms with Crippen molar-refractivity contribution < 1.29 is 14.7 Å². The van der Waals surface area contributed by atoms with Crippen molar-refractivity contribution in [2.45, 2.75) is 26.2 Å². The van der Waals surface area contributed by atoms with Gasteiger partial charge in [-0.3, -0.25) is 9.59 Å². The molecule has 156 valence electrons. The molecular formula is C23H25N3O3S. The van der Waals surface area contributed by atoms with Gasteiger partial charge in [0.1, 0.15) is 16.5 Å². The van der Waals surface area contributed by atoms with Crippen LogP contribution in [0.4, 0.5) is 0 Å². The Morgan fingerprint density at radius 3 is 2.40 bits per heavy atom. The maximum atomic E-state index is 12.3. The number of nitrogens with zero attached hydrogens (tertiary/aromatic N) is 1. The van der Waals surface area contributed by atoms with Crippen LogP contribution in [-0.4, -0.2) is 35.0 Å². The summed E-state index contributed by atoms with van der Waals surface area (Å²) in [7, 11) is 0. The number of hydrogen-bond donors (Lipinski definition) is 3. The van der Waals surface area contributed by atoms with Crippen LogP contribution in [0.2, 0.25) is 0 Å². The summed E-state index contributed by atoms with van der Waals surface area (Å²) in [4.78, 5) is 28.7. The number of benzene rings is 2. The Balaban J connectivity index is 1.44. The van der Waals surface area contributed by atoms with Crippen molar-refractivity contribution in [3.63, 3.8) is 0 Å². The van der Waals surface area contributed by atoms with Crippen LogP contribution in [0.1, 0.15) is 52.6 Å². The van der Waals surface area contributed by atoms with Gasteiger partial charge in [-0.05, 0) is 36.1 Å². The Bertz CT molecular complexity index is 1010. The van der Waals surface area contributed by atoms with Crippen molar-refractivity contribution in [2.24, 2.45) is 0 Å². The minimum atomic E-state index is -0.259. The molecule has 1 aromatic heterocycles. The molecule has 7 heteroatoms. The first-order valence-corrected chi connectivity index (χ1v) is 10.7. The highest BCUT2D eigenvalue weighted by atomic mass is 32.1. The van der Waals surface area contributed by atoms with Gasteiger partial charge in [-0.25, -0.2) is 4.98 Å². The zero-order valence-corrected chi connectivity index (χ0v) is 17.8. The average molecular weight is 424 g/mol. The molecule has 0 saturated carbocycles. The average Bonchev–Trinajstić information content (AvgIpc) is 3.23. The molecule has 3 N–H and O–H groups in total. The molecule has 30 heavy (non-hydrogen) atoms. The van der Waals surface area contributed by atoms with E-state index in [4.69, 9.17) is 0 Å². The van der Waals surface area contributed by atoms with Gasteiger partial charge < -0.3 is 15.7 Å². The Kier molecular flexibility index (Phi) is 7.19. The predicted molar refractivity (Wildman–Crippen MR) is 119 cm³/mol. The lowest BCUT2D eigenvalue weighted by Crippen LogP contribution is -2.30. The maximum Gasteiger partial charge on any atom is 0.270 e. The standard InChI is InChI=1S/C23H25N3O3S/c1-15(2)16-7-9-17(10-8-16)23-26-20(14-30-23)22(29)25-12-4-11-24-21(28)18-5-3-6-19(27)13-18/h3,5-10,13-15,27H,4,11-12H2,1-2H3,(H,24,28)(H,25,29). The van der Waals surface area contributed by atoms with Crippen molar-refractivity contribution in [3.05, 3.63) is 70.7 Å². The SMILES string of the molecule is CC(C)c1ccc(-c2nc(C(=O)NCCCNC(=O)c3cccc(O)c3)cs2)cc1. The van der Waals surface area contributed by atoms with Crippen molar-refractivity contribution in [2.75, 3.05) is 13.1 Å². The van der Waals surface area contributed by atoms with E-state index < -0.39 is 0 Å². The number of rotatable bonds is 8. The zero-order chi connectivity index (χ0) is 21.5. The van der Waals surface area contributed by atoms with Crippen LogP contribution in [0.15, 0.2) is 53.9 Å². The van der Waals surface area contributed by atoms with Gasteiger partial charge >= 0.3 is 0 Å². The molecule has 0 atom stereocenters. The highest BCUT2D eigenvalue weighted by molar-refractivity contribution is 7.13. The third-order valence-corrected chi connectivity index (χ3v) is 5.49. The van der Waals surface area contributed by atoms with Gasteiger partial charge in [-0.15, -0.1) is 11.3 Å². The Morgan fingerprint density at radius 1 is 1.03 bits per heavy atom. The molecule has 1 heterocycles.